The molecule has 0 aliphatic heterocycles. The average Bonchev–Trinajstić information content (AvgIpc) is 3.47. The Labute approximate surface area is 215 Å². The van der Waals surface area contributed by atoms with Crippen LogP contribution in [0.25, 0.3) is 0 Å². The van der Waals surface area contributed by atoms with Crippen LogP contribution >= 0.6 is 11.6 Å². The number of rotatable bonds is 9. The van der Waals surface area contributed by atoms with Crippen LogP contribution in [-0.4, -0.2) is 46.6 Å². The van der Waals surface area contributed by atoms with E-state index in [0.29, 0.717) is 19.3 Å². The van der Waals surface area contributed by atoms with Gasteiger partial charge in [0.05, 0.1) is 24.3 Å². The molecule has 3 aromatic rings. The Bertz CT molecular complexity index is 1400. The molecule has 1 fully saturated rings. The summed E-state index contributed by atoms with van der Waals surface area (Å²) in [5, 5.41) is 12.4. The van der Waals surface area contributed by atoms with E-state index in [2.05, 4.69) is 24.6 Å². The summed E-state index contributed by atoms with van der Waals surface area (Å²) in [5.74, 6) is -0.229. The summed E-state index contributed by atoms with van der Waals surface area (Å²) in [7, 11) is -4.02. The van der Waals surface area contributed by atoms with Gasteiger partial charge in [0.2, 0.25) is 5.78 Å². The molecule has 2 atom stereocenters. The lowest BCUT2D eigenvalue weighted by Crippen LogP contribution is -2.22. The fourth-order valence-electron chi connectivity index (χ4n) is 4.11. The number of nitrogens with two attached hydrogens (primary N) is 1. The van der Waals surface area contributed by atoms with E-state index in [4.69, 9.17) is 16.7 Å². The molecule has 0 radical (unpaired) electrons. The first-order valence-electron chi connectivity index (χ1n) is 11.1. The number of carbonyl (C=O) groups is 1. The lowest BCUT2D eigenvalue weighted by molar-refractivity contribution is -0.137. The number of ketones is 1. The number of hydrogen-bond donors (Lipinski definition) is 2. The highest BCUT2D eigenvalue weighted by Crippen LogP contribution is 2.32. The topological polar surface area (TPSA) is 142 Å². The third-order valence-electron chi connectivity index (χ3n) is 5.89. The van der Waals surface area contributed by atoms with Crippen molar-refractivity contribution in [3.05, 3.63) is 70.4 Å². The van der Waals surface area contributed by atoms with E-state index in [1.54, 1.807) is 0 Å². The molecule has 198 valence electrons. The van der Waals surface area contributed by atoms with Gasteiger partial charge in [0, 0.05) is 23.5 Å². The average molecular weight is 559 g/mol. The Morgan fingerprint density at radius 2 is 2.05 bits per heavy atom. The van der Waals surface area contributed by atoms with Gasteiger partial charge >= 0.3 is 16.5 Å². The molecule has 1 saturated carbocycles. The van der Waals surface area contributed by atoms with E-state index in [0.717, 1.165) is 12.1 Å². The van der Waals surface area contributed by atoms with Crippen LogP contribution in [0.15, 0.2) is 43.0 Å². The van der Waals surface area contributed by atoms with Crippen LogP contribution in [0, 0.1) is 5.92 Å². The normalized spacial score (nSPS) is 18.2. The molecule has 1 aliphatic carbocycles. The highest BCUT2D eigenvalue weighted by atomic mass is 35.5. The largest absolute Gasteiger partial charge is 0.416 e. The number of halogens is 4. The molecule has 0 bridgehead atoms. The molecule has 10 nitrogen and oxygen atoms in total. The first kappa shape index (κ1) is 27.0. The van der Waals surface area contributed by atoms with Gasteiger partial charge in [-0.25, -0.2) is 15.1 Å². The van der Waals surface area contributed by atoms with Gasteiger partial charge in [0.25, 0.3) is 0 Å². The molecular weight excluding hydrogens is 537 g/mol. The van der Waals surface area contributed by atoms with Gasteiger partial charge in [-0.1, -0.05) is 11.6 Å². The molecule has 1 aliphatic rings. The number of alkyl halides is 3. The maximum absolute atomic E-state index is 13.2. The minimum absolute atomic E-state index is 0.0279. The van der Waals surface area contributed by atoms with Crippen molar-refractivity contribution in [3.63, 3.8) is 0 Å². The predicted molar refractivity (Wildman–Crippen MR) is 127 cm³/mol. The van der Waals surface area contributed by atoms with Crippen molar-refractivity contribution in [2.45, 2.75) is 38.0 Å². The van der Waals surface area contributed by atoms with Crippen molar-refractivity contribution in [3.8, 4) is 0 Å². The van der Waals surface area contributed by atoms with E-state index in [9.17, 15) is 26.4 Å². The quantitative estimate of drug-likeness (QED) is 0.380. The van der Waals surface area contributed by atoms with E-state index in [-0.39, 0.29) is 52.8 Å². The van der Waals surface area contributed by atoms with Crippen molar-refractivity contribution >= 4 is 33.5 Å². The van der Waals surface area contributed by atoms with Crippen LogP contribution < -0.4 is 10.5 Å². The lowest BCUT2D eigenvalue weighted by atomic mass is 10.1. The van der Waals surface area contributed by atoms with Gasteiger partial charge < -0.3 is 5.32 Å². The van der Waals surface area contributed by atoms with Crippen molar-refractivity contribution in [1.82, 2.24) is 19.7 Å². The molecular formula is C22H22ClF3N6O4S. The molecule has 0 unspecified atom stereocenters. The maximum Gasteiger partial charge on any atom is 0.416 e. The summed E-state index contributed by atoms with van der Waals surface area (Å²) in [6.45, 7) is -0.101. The SMILES string of the molecule is NS(=O)(=O)OC[C@@H]1CC[C@H](Nc2ncncc2C(=O)c2ccn(Cc3cc(C(F)(F)F)ccc3Cl)n2)C1. The Hall–Kier alpha value is -3.07. The van der Waals surface area contributed by atoms with Crippen LogP contribution in [0.3, 0.4) is 0 Å². The Kier molecular flexibility index (Phi) is 7.83. The molecule has 4 rings (SSSR count). The van der Waals surface area contributed by atoms with E-state index >= 15 is 0 Å². The minimum atomic E-state index is -4.52. The van der Waals surface area contributed by atoms with Crippen LogP contribution in [0.2, 0.25) is 5.02 Å². The summed E-state index contributed by atoms with van der Waals surface area (Å²) in [6, 6.07) is 4.37. The van der Waals surface area contributed by atoms with Gasteiger partial charge in [0.15, 0.2) is 0 Å². The lowest BCUT2D eigenvalue weighted by Gasteiger charge is -2.15. The number of nitrogens with one attached hydrogen (secondary N) is 1. The van der Waals surface area contributed by atoms with E-state index in [1.165, 1.54) is 35.5 Å². The summed E-state index contributed by atoms with van der Waals surface area (Å²) in [6.07, 6.45) is 1.55. The Balaban J connectivity index is 1.45. The van der Waals surface area contributed by atoms with Crippen molar-refractivity contribution in [1.29, 1.82) is 0 Å². The first-order valence-corrected chi connectivity index (χ1v) is 12.9. The molecule has 2 heterocycles. The van der Waals surface area contributed by atoms with E-state index in [1.807, 2.05) is 0 Å². The maximum atomic E-state index is 13.2. The summed E-state index contributed by atoms with van der Waals surface area (Å²) in [4.78, 5) is 21.3. The second-order valence-electron chi connectivity index (χ2n) is 8.61. The Morgan fingerprint density at radius 3 is 2.78 bits per heavy atom. The fourth-order valence-corrected chi connectivity index (χ4v) is 4.67. The fraction of sp³-hybridized carbons (Fsp3) is 0.364. The summed E-state index contributed by atoms with van der Waals surface area (Å²) in [5.41, 5.74) is -0.426. The number of nitrogens with zero attached hydrogens (tertiary/aromatic N) is 4. The molecule has 0 spiro atoms. The second-order valence-corrected chi connectivity index (χ2v) is 10.2. The molecule has 0 amide bonds. The van der Waals surface area contributed by atoms with Gasteiger partial charge in [-0.3, -0.25) is 13.7 Å². The summed E-state index contributed by atoms with van der Waals surface area (Å²) < 4.78 is 67.2. The zero-order chi connectivity index (χ0) is 26.8. The number of aromatic nitrogens is 4. The third-order valence-corrected chi connectivity index (χ3v) is 6.72. The van der Waals surface area contributed by atoms with Gasteiger partial charge in [-0.15, -0.1) is 0 Å². The van der Waals surface area contributed by atoms with Gasteiger partial charge in [-0.05, 0) is 55.0 Å². The molecule has 37 heavy (non-hydrogen) atoms. The predicted octanol–water partition coefficient (Wildman–Crippen LogP) is 3.43. The van der Waals surface area contributed by atoms with Gasteiger partial charge in [0.1, 0.15) is 17.8 Å². The van der Waals surface area contributed by atoms with Crippen LogP contribution in [0.5, 0.6) is 0 Å². The van der Waals surface area contributed by atoms with Crippen molar-refractivity contribution in [2.24, 2.45) is 11.1 Å². The molecule has 0 saturated heterocycles. The molecule has 3 N–H and O–H groups in total. The number of hydrogen-bond acceptors (Lipinski definition) is 8. The zero-order valence-corrected chi connectivity index (χ0v) is 20.7. The summed E-state index contributed by atoms with van der Waals surface area (Å²) >= 11 is 6.07. The Morgan fingerprint density at radius 1 is 1.27 bits per heavy atom. The monoisotopic (exact) mass is 558 g/mol. The standard InChI is InChI=1S/C22H22ClF3N6O4S/c23-18-4-2-15(22(24,25)26)8-14(18)10-32-6-5-19(31-32)20(33)17-9-28-12-29-21(17)30-16-3-1-13(7-16)11-36-37(27,34)35/h2,4-6,8-9,12-13,16H,1,3,7,10-11H2,(H2,27,34,35)(H,28,29,30)/t13-,16+/m1/s1. The molecule has 1 aromatic carbocycles. The first-order chi connectivity index (χ1) is 17.4. The van der Waals surface area contributed by atoms with Crippen molar-refractivity contribution < 1.29 is 30.6 Å². The zero-order valence-electron chi connectivity index (χ0n) is 19.2. The number of benzene rings is 1. The van der Waals surface area contributed by atoms with E-state index < -0.39 is 27.8 Å². The number of carbonyl (C=O) groups excluding carboxylic acids is 1. The van der Waals surface area contributed by atoms with Crippen LogP contribution in [0.4, 0.5) is 19.0 Å². The molecule has 15 heteroatoms. The highest BCUT2D eigenvalue weighted by molar-refractivity contribution is 7.84. The minimum Gasteiger partial charge on any atom is -0.367 e. The number of anilines is 1. The van der Waals surface area contributed by atoms with Crippen LogP contribution in [0.1, 0.15) is 46.4 Å². The smallest absolute Gasteiger partial charge is 0.367 e. The van der Waals surface area contributed by atoms with Crippen molar-refractivity contribution in [2.75, 3.05) is 11.9 Å². The highest BCUT2D eigenvalue weighted by Gasteiger charge is 2.31. The van der Waals surface area contributed by atoms with Crippen LogP contribution in [-0.2, 0) is 27.2 Å². The van der Waals surface area contributed by atoms with Gasteiger partial charge in [-0.2, -0.15) is 26.7 Å². The molecule has 2 aromatic heterocycles. The third kappa shape index (κ3) is 7.03. The second kappa shape index (κ2) is 10.7.